The third-order valence-electron chi connectivity index (χ3n) is 6.13. The molecule has 0 N–H and O–H groups in total. The number of hydrogen-bond donors (Lipinski definition) is 0. The summed E-state index contributed by atoms with van der Waals surface area (Å²) in [4.78, 5) is 19.1. The van der Waals surface area contributed by atoms with E-state index in [1.165, 1.54) is 16.7 Å². The van der Waals surface area contributed by atoms with Gasteiger partial charge in [0.15, 0.2) is 0 Å². The van der Waals surface area contributed by atoms with Gasteiger partial charge in [0.1, 0.15) is 11.9 Å². The van der Waals surface area contributed by atoms with E-state index in [0.717, 1.165) is 37.9 Å². The lowest BCUT2D eigenvalue weighted by Gasteiger charge is -2.39. The molecule has 4 nitrogen and oxygen atoms in total. The molecule has 1 amide bonds. The first-order valence-corrected chi connectivity index (χ1v) is 10.0. The maximum Gasteiger partial charge on any atom is 0.223 e. The zero-order chi connectivity index (χ0) is 18.8. The predicted molar refractivity (Wildman–Crippen MR) is 106 cm³/mol. The molecule has 2 saturated heterocycles. The second-order valence-corrected chi connectivity index (χ2v) is 8.00. The first kappa shape index (κ1) is 18.0. The Labute approximate surface area is 161 Å². The van der Waals surface area contributed by atoms with E-state index in [0.29, 0.717) is 24.4 Å². The standard InChI is InChI=1S/C23H28N2O2/c1-16-3-4-18(13-17(16)2)5-8-23(26)25-19-6-7-20(25)15-22(14-19)27-21-9-11-24-12-10-21/h3-4,9-13,19-20,22H,5-8,14-15H2,1-2H3. The topological polar surface area (TPSA) is 42.4 Å². The summed E-state index contributed by atoms with van der Waals surface area (Å²) in [5, 5.41) is 0. The molecule has 0 radical (unpaired) electrons. The molecule has 0 saturated carbocycles. The Balaban J connectivity index is 1.34. The van der Waals surface area contributed by atoms with Gasteiger partial charge in [-0.3, -0.25) is 9.78 Å². The smallest absolute Gasteiger partial charge is 0.223 e. The molecule has 27 heavy (non-hydrogen) atoms. The van der Waals surface area contributed by atoms with Crippen LogP contribution in [0, 0.1) is 13.8 Å². The van der Waals surface area contributed by atoms with Gasteiger partial charge in [0.05, 0.1) is 0 Å². The molecule has 0 aliphatic carbocycles. The van der Waals surface area contributed by atoms with E-state index in [1.54, 1.807) is 12.4 Å². The minimum atomic E-state index is 0.202. The van der Waals surface area contributed by atoms with Gasteiger partial charge < -0.3 is 9.64 Å². The van der Waals surface area contributed by atoms with Gasteiger partial charge in [-0.15, -0.1) is 0 Å². The van der Waals surface area contributed by atoms with Crippen LogP contribution in [0.15, 0.2) is 42.7 Å². The summed E-state index contributed by atoms with van der Waals surface area (Å²) in [6.07, 6.45) is 9.24. The van der Waals surface area contributed by atoms with Crippen molar-refractivity contribution in [3.05, 3.63) is 59.4 Å². The highest BCUT2D eigenvalue weighted by atomic mass is 16.5. The van der Waals surface area contributed by atoms with E-state index in [-0.39, 0.29) is 6.10 Å². The van der Waals surface area contributed by atoms with Gasteiger partial charge >= 0.3 is 0 Å². The molecule has 2 aromatic rings. The highest BCUT2D eigenvalue weighted by Crippen LogP contribution is 2.37. The Morgan fingerprint density at radius 3 is 2.44 bits per heavy atom. The van der Waals surface area contributed by atoms with Crippen LogP contribution >= 0.6 is 0 Å². The number of fused-ring (bicyclic) bond motifs is 2. The number of piperidine rings is 1. The Kier molecular flexibility index (Phi) is 5.15. The number of carbonyl (C=O) groups is 1. The molecule has 3 heterocycles. The predicted octanol–water partition coefficient (Wildman–Crippen LogP) is 4.23. The number of rotatable bonds is 5. The number of aromatic nitrogens is 1. The zero-order valence-electron chi connectivity index (χ0n) is 16.2. The number of pyridine rings is 1. The van der Waals surface area contributed by atoms with Gasteiger partial charge in [-0.05, 0) is 61.9 Å². The van der Waals surface area contributed by atoms with Gasteiger partial charge in [-0.2, -0.15) is 0 Å². The molecule has 2 bridgehead atoms. The summed E-state index contributed by atoms with van der Waals surface area (Å²) in [7, 11) is 0. The van der Waals surface area contributed by atoms with Gasteiger partial charge in [0.25, 0.3) is 0 Å². The number of amides is 1. The molecule has 4 rings (SSSR count). The van der Waals surface area contributed by atoms with Gasteiger partial charge in [-0.25, -0.2) is 0 Å². The summed E-state index contributed by atoms with van der Waals surface area (Å²) < 4.78 is 6.14. The molecule has 2 fully saturated rings. The van der Waals surface area contributed by atoms with E-state index in [1.807, 2.05) is 12.1 Å². The molecule has 4 heteroatoms. The van der Waals surface area contributed by atoms with Gasteiger partial charge in [0.2, 0.25) is 5.91 Å². The maximum atomic E-state index is 12.9. The first-order chi connectivity index (χ1) is 13.1. The molecule has 1 aromatic carbocycles. The largest absolute Gasteiger partial charge is 0.490 e. The number of hydrogen-bond acceptors (Lipinski definition) is 3. The summed E-state index contributed by atoms with van der Waals surface area (Å²) >= 11 is 0. The average molecular weight is 364 g/mol. The Hall–Kier alpha value is -2.36. The number of nitrogens with zero attached hydrogens (tertiary/aromatic N) is 2. The van der Waals surface area contributed by atoms with Crippen molar-refractivity contribution in [1.82, 2.24) is 9.88 Å². The van der Waals surface area contributed by atoms with Crippen LogP contribution in [0.1, 0.15) is 48.8 Å². The molecular formula is C23H28N2O2. The first-order valence-electron chi connectivity index (χ1n) is 10.0. The molecule has 2 aliphatic rings. The summed E-state index contributed by atoms with van der Waals surface area (Å²) in [6, 6.07) is 11.0. The lowest BCUT2D eigenvalue weighted by atomic mass is 9.98. The third kappa shape index (κ3) is 4.00. The zero-order valence-corrected chi connectivity index (χ0v) is 16.2. The molecule has 0 spiro atoms. The Bertz CT molecular complexity index is 791. The van der Waals surface area contributed by atoms with Gasteiger partial charge in [0, 0.05) is 43.7 Å². The fourth-order valence-corrected chi connectivity index (χ4v) is 4.58. The molecule has 2 aliphatic heterocycles. The number of ether oxygens (including phenoxy) is 1. The Morgan fingerprint density at radius 2 is 1.78 bits per heavy atom. The minimum absolute atomic E-state index is 0.202. The fourth-order valence-electron chi connectivity index (χ4n) is 4.58. The number of aryl methyl sites for hydroxylation is 3. The SMILES string of the molecule is Cc1ccc(CCC(=O)N2C3CCC2CC(Oc2ccncc2)C3)cc1C. The van der Waals surface area contributed by atoms with E-state index in [2.05, 4.69) is 41.9 Å². The average Bonchev–Trinajstić information content (AvgIpc) is 2.94. The summed E-state index contributed by atoms with van der Waals surface area (Å²) in [5.41, 5.74) is 3.86. The fraction of sp³-hybridized carbons (Fsp3) is 0.478. The van der Waals surface area contributed by atoms with Crippen LogP contribution in [0.5, 0.6) is 5.75 Å². The highest BCUT2D eigenvalue weighted by Gasteiger charge is 2.43. The van der Waals surface area contributed by atoms with Gasteiger partial charge in [-0.1, -0.05) is 18.2 Å². The number of benzene rings is 1. The second-order valence-electron chi connectivity index (χ2n) is 8.00. The normalized spacial score (nSPS) is 24.1. The van der Waals surface area contributed by atoms with E-state index < -0.39 is 0 Å². The molecule has 2 atom stereocenters. The van der Waals surface area contributed by atoms with Crippen molar-refractivity contribution in [2.75, 3.05) is 0 Å². The third-order valence-corrected chi connectivity index (χ3v) is 6.13. The van der Waals surface area contributed by atoms with E-state index in [9.17, 15) is 4.79 Å². The summed E-state index contributed by atoms with van der Waals surface area (Å²) in [5.74, 6) is 1.19. The van der Waals surface area contributed by atoms with Crippen LogP contribution in [0.3, 0.4) is 0 Å². The van der Waals surface area contributed by atoms with Crippen molar-refractivity contribution in [3.63, 3.8) is 0 Å². The van der Waals surface area contributed by atoms with Crippen LogP contribution in [0.25, 0.3) is 0 Å². The monoisotopic (exact) mass is 364 g/mol. The molecular weight excluding hydrogens is 336 g/mol. The maximum absolute atomic E-state index is 12.9. The number of carbonyl (C=O) groups excluding carboxylic acids is 1. The van der Waals surface area contributed by atoms with Crippen LogP contribution < -0.4 is 4.74 Å². The van der Waals surface area contributed by atoms with Crippen molar-refractivity contribution >= 4 is 5.91 Å². The molecule has 2 unspecified atom stereocenters. The lowest BCUT2D eigenvalue weighted by molar-refractivity contribution is -0.137. The van der Waals surface area contributed by atoms with Crippen molar-refractivity contribution < 1.29 is 9.53 Å². The molecule has 1 aromatic heterocycles. The lowest BCUT2D eigenvalue weighted by Crippen LogP contribution is -2.49. The van der Waals surface area contributed by atoms with Crippen molar-refractivity contribution in [3.8, 4) is 5.75 Å². The van der Waals surface area contributed by atoms with Crippen LogP contribution in [-0.4, -0.2) is 34.0 Å². The van der Waals surface area contributed by atoms with Crippen molar-refractivity contribution in [2.24, 2.45) is 0 Å². The van der Waals surface area contributed by atoms with Crippen LogP contribution in [0.2, 0.25) is 0 Å². The quantitative estimate of drug-likeness (QED) is 0.797. The summed E-state index contributed by atoms with van der Waals surface area (Å²) in [6.45, 7) is 4.26. The van der Waals surface area contributed by atoms with Crippen molar-refractivity contribution in [2.45, 2.75) is 70.6 Å². The second kappa shape index (κ2) is 7.71. The van der Waals surface area contributed by atoms with Crippen LogP contribution in [0.4, 0.5) is 0 Å². The van der Waals surface area contributed by atoms with Crippen molar-refractivity contribution in [1.29, 1.82) is 0 Å². The van der Waals surface area contributed by atoms with Crippen LogP contribution in [-0.2, 0) is 11.2 Å². The Morgan fingerprint density at radius 1 is 1.07 bits per heavy atom. The van der Waals surface area contributed by atoms with E-state index >= 15 is 0 Å². The molecule has 142 valence electrons. The minimum Gasteiger partial charge on any atom is -0.490 e. The highest BCUT2D eigenvalue weighted by molar-refractivity contribution is 5.77. The van der Waals surface area contributed by atoms with E-state index in [4.69, 9.17) is 4.74 Å².